The Kier molecular flexibility index (Phi) is 8.68. The maximum absolute atomic E-state index is 14.5. The molecule has 1 aromatic carbocycles. The van der Waals surface area contributed by atoms with Gasteiger partial charge in [-0.1, -0.05) is 25.8 Å². The Morgan fingerprint density at radius 2 is 2.00 bits per heavy atom. The Morgan fingerprint density at radius 3 is 2.65 bits per heavy atom. The lowest BCUT2D eigenvalue weighted by Crippen LogP contribution is -2.37. The molecule has 1 fully saturated rings. The highest BCUT2D eigenvalue weighted by molar-refractivity contribution is 5.79. The number of benzene rings is 1. The van der Waals surface area contributed by atoms with Crippen molar-refractivity contribution in [1.82, 2.24) is 10.6 Å². The average molecular weight is 365 g/mol. The van der Waals surface area contributed by atoms with Crippen LogP contribution in [0.25, 0.3) is 0 Å². The zero-order chi connectivity index (χ0) is 18.8. The Bertz CT molecular complexity index is 571. The summed E-state index contributed by atoms with van der Waals surface area (Å²) >= 11 is 0. The van der Waals surface area contributed by atoms with Crippen molar-refractivity contribution in [2.24, 2.45) is 4.99 Å². The molecule has 26 heavy (non-hydrogen) atoms. The van der Waals surface area contributed by atoms with E-state index in [2.05, 4.69) is 22.5 Å². The molecule has 1 saturated heterocycles. The molecule has 5 nitrogen and oxygen atoms in total. The van der Waals surface area contributed by atoms with Crippen LogP contribution in [0.15, 0.2) is 23.2 Å². The highest BCUT2D eigenvalue weighted by Crippen LogP contribution is 2.24. The molecule has 0 atom stereocenters. The minimum atomic E-state index is -0.253. The van der Waals surface area contributed by atoms with E-state index in [4.69, 9.17) is 0 Å². The maximum Gasteiger partial charge on any atom is 0.191 e. The number of aliphatic imine (C=N–C) groups is 1. The first-order chi connectivity index (χ1) is 12.6. The first-order valence-corrected chi connectivity index (χ1v) is 9.87. The quantitative estimate of drug-likeness (QED) is 0.377. The molecule has 0 saturated carbocycles. The van der Waals surface area contributed by atoms with Gasteiger partial charge in [-0.3, -0.25) is 0 Å². The zero-order valence-corrected chi connectivity index (χ0v) is 16.1. The second-order valence-corrected chi connectivity index (χ2v) is 6.83. The van der Waals surface area contributed by atoms with Gasteiger partial charge in [-0.15, -0.1) is 0 Å². The molecule has 0 unspecified atom stereocenters. The van der Waals surface area contributed by atoms with E-state index in [1.807, 2.05) is 24.0 Å². The highest BCUT2D eigenvalue weighted by Gasteiger charge is 2.19. The van der Waals surface area contributed by atoms with Gasteiger partial charge in [0.05, 0.1) is 18.3 Å². The van der Waals surface area contributed by atoms with Gasteiger partial charge in [0.2, 0.25) is 0 Å². The monoisotopic (exact) mass is 364 g/mol. The molecule has 0 aliphatic carbocycles. The molecule has 3 N–H and O–H groups in total. The van der Waals surface area contributed by atoms with E-state index in [1.54, 1.807) is 6.07 Å². The van der Waals surface area contributed by atoms with Gasteiger partial charge in [-0.05, 0) is 43.9 Å². The molecule has 1 heterocycles. The molecule has 2 rings (SSSR count). The molecule has 0 spiro atoms. The third kappa shape index (κ3) is 6.48. The van der Waals surface area contributed by atoms with Crippen LogP contribution in [0.2, 0.25) is 0 Å². The summed E-state index contributed by atoms with van der Waals surface area (Å²) in [5, 5.41) is 16.1. The molecule has 1 aliphatic rings. The maximum atomic E-state index is 14.5. The number of nitrogens with zero attached hydrogens (tertiary/aromatic N) is 2. The third-order valence-corrected chi connectivity index (χ3v) is 4.65. The fraction of sp³-hybridized carbons (Fsp3) is 0.650. The average Bonchev–Trinajstić information content (AvgIpc) is 2.64. The van der Waals surface area contributed by atoms with Crippen molar-refractivity contribution < 1.29 is 9.50 Å². The van der Waals surface area contributed by atoms with E-state index >= 15 is 0 Å². The molecular weight excluding hydrogens is 331 g/mol. The molecule has 6 heteroatoms. The summed E-state index contributed by atoms with van der Waals surface area (Å²) in [6.07, 6.45) is 4.65. The largest absolute Gasteiger partial charge is 0.393 e. The summed E-state index contributed by atoms with van der Waals surface area (Å²) in [5.41, 5.74) is 1.48. The number of nitrogens with one attached hydrogen (secondary N) is 2. The summed E-state index contributed by atoms with van der Waals surface area (Å²) in [6, 6.07) is 5.34. The van der Waals surface area contributed by atoms with Crippen LogP contribution >= 0.6 is 0 Å². The van der Waals surface area contributed by atoms with E-state index in [0.717, 1.165) is 31.0 Å². The van der Waals surface area contributed by atoms with Gasteiger partial charge in [-0.25, -0.2) is 9.38 Å². The van der Waals surface area contributed by atoms with E-state index in [1.165, 1.54) is 12.8 Å². The van der Waals surface area contributed by atoms with Gasteiger partial charge in [0.15, 0.2) is 5.96 Å². The number of aliphatic hydroxyl groups excluding tert-OH is 1. The Hall–Kier alpha value is -1.82. The third-order valence-electron chi connectivity index (χ3n) is 4.65. The number of guanidine groups is 1. The number of rotatable bonds is 8. The summed E-state index contributed by atoms with van der Waals surface area (Å²) < 4.78 is 14.5. The van der Waals surface area contributed by atoms with Crippen LogP contribution in [-0.4, -0.2) is 43.3 Å². The van der Waals surface area contributed by atoms with Crippen LogP contribution in [0.5, 0.6) is 0 Å². The van der Waals surface area contributed by atoms with Crippen LogP contribution in [-0.2, 0) is 6.54 Å². The van der Waals surface area contributed by atoms with Crippen molar-refractivity contribution in [3.8, 4) is 0 Å². The standard InChI is InChI=1S/C20H33FN4O/c1-3-5-6-11-23-20(22-4-2)24-15-16-7-8-19(18(21)14-16)25-12-9-17(26)10-13-25/h7-8,14,17,26H,3-6,9-13,15H2,1-2H3,(H2,22,23,24). The van der Waals surface area contributed by atoms with Crippen molar-refractivity contribution in [2.75, 3.05) is 31.1 Å². The fourth-order valence-corrected chi connectivity index (χ4v) is 3.11. The smallest absolute Gasteiger partial charge is 0.191 e. The Labute approximate surface area is 156 Å². The van der Waals surface area contributed by atoms with Crippen LogP contribution in [0.4, 0.5) is 10.1 Å². The van der Waals surface area contributed by atoms with Gasteiger partial charge >= 0.3 is 0 Å². The fourth-order valence-electron chi connectivity index (χ4n) is 3.11. The normalized spacial score (nSPS) is 16.0. The molecule has 0 amide bonds. The zero-order valence-electron chi connectivity index (χ0n) is 16.1. The molecule has 0 radical (unpaired) electrons. The van der Waals surface area contributed by atoms with Crippen molar-refractivity contribution in [3.63, 3.8) is 0 Å². The molecule has 1 aliphatic heterocycles. The van der Waals surface area contributed by atoms with Crippen molar-refractivity contribution in [2.45, 2.75) is 58.6 Å². The van der Waals surface area contributed by atoms with E-state index in [9.17, 15) is 9.50 Å². The Balaban J connectivity index is 1.94. The van der Waals surface area contributed by atoms with E-state index in [-0.39, 0.29) is 11.9 Å². The van der Waals surface area contributed by atoms with Gasteiger partial charge in [0.25, 0.3) is 0 Å². The number of hydrogen-bond donors (Lipinski definition) is 3. The molecule has 146 valence electrons. The summed E-state index contributed by atoms with van der Waals surface area (Å²) in [4.78, 5) is 6.56. The lowest BCUT2D eigenvalue weighted by atomic mass is 10.1. The number of unbranched alkanes of at least 4 members (excludes halogenated alkanes) is 2. The number of piperidine rings is 1. The Morgan fingerprint density at radius 1 is 1.23 bits per heavy atom. The summed E-state index contributed by atoms with van der Waals surface area (Å²) in [6.45, 7) is 7.75. The second-order valence-electron chi connectivity index (χ2n) is 6.83. The SMILES string of the molecule is CCCCCNC(=NCc1ccc(N2CCC(O)CC2)c(F)c1)NCC. The first kappa shape index (κ1) is 20.5. The lowest BCUT2D eigenvalue weighted by Gasteiger charge is -2.31. The van der Waals surface area contributed by atoms with Gasteiger partial charge in [-0.2, -0.15) is 0 Å². The second kappa shape index (κ2) is 11.0. The number of hydrogen-bond acceptors (Lipinski definition) is 3. The van der Waals surface area contributed by atoms with Crippen LogP contribution in [0, 0.1) is 5.82 Å². The molecule has 0 bridgehead atoms. The minimum Gasteiger partial charge on any atom is -0.393 e. The van der Waals surface area contributed by atoms with Crippen molar-refractivity contribution in [1.29, 1.82) is 0 Å². The number of anilines is 1. The van der Waals surface area contributed by atoms with Crippen LogP contribution < -0.4 is 15.5 Å². The molecular formula is C20H33FN4O. The summed E-state index contributed by atoms with van der Waals surface area (Å²) in [5.74, 6) is 0.563. The van der Waals surface area contributed by atoms with Crippen LogP contribution in [0.1, 0.15) is 51.5 Å². The van der Waals surface area contributed by atoms with Crippen molar-refractivity contribution in [3.05, 3.63) is 29.6 Å². The predicted octanol–water partition coefficient (Wildman–Crippen LogP) is 3.03. The van der Waals surface area contributed by atoms with Gasteiger partial charge in [0.1, 0.15) is 5.82 Å². The van der Waals surface area contributed by atoms with Gasteiger partial charge < -0.3 is 20.6 Å². The number of halogens is 1. The van der Waals surface area contributed by atoms with E-state index in [0.29, 0.717) is 38.2 Å². The van der Waals surface area contributed by atoms with Crippen molar-refractivity contribution >= 4 is 11.6 Å². The topological polar surface area (TPSA) is 59.9 Å². The van der Waals surface area contributed by atoms with Crippen LogP contribution in [0.3, 0.4) is 0 Å². The molecule has 0 aromatic heterocycles. The van der Waals surface area contributed by atoms with Gasteiger partial charge in [0, 0.05) is 26.2 Å². The predicted molar refractivity (Wildman–Crippen MR) is 106 cm³/mol. The minimum absolute atomic E-state index is 0.213. The molecule has 1 aromatic rings. The lowest BCUT2D eigenvalue weighted by molar-refractivity contribution is 0.145. The number of aliphatic hydroxyl groups is 1. The summed E-state index contributed by atoms with van der Waals surface area (Å²) in [7, 11) is 0. The highest BCUT2D eigenvalue weighted by atomic mass is 19.1. The first-order valence-electron chi connectivity index (χ1n) is 9.87. The van der Waals surface area contributed by atoms with E-state index < -0.39 is 0 Å².